The molecule has 10 heteroatoms. The summed E-state index contributed by atoms with van der Waals surface area (Å²) in [6.07, 6.45) is 6.01. The van der Waals surface area contributed by atoms with Crippen LogP contribution in [0.4, 0.5) is 0 Å². The zero-order valence-corrected chi connectivity index (χ0v) is 20.3. The fourth-order valence-corrected chi connectivity index (χ4v) is 3.91. The summed E-state index contributed by atoms with van der Waals surface area (Å²) in [6, 6.07) is 0. The third-order valence-corrected chi connectivity index (χ3v) is 6.35. The van der Waals surface area contributed by atoms with Gasteiger partial charge in [0.25, 0.3) is 0 Å². The molecule has 2 aliphatic heterocycles. The van der Waals surface area contributed by atoms with Gasteiger partial charge in [0.1, 0.15) is 0 Å². The molecule has 2 rings (SSSR count). The molecule has 0 saturated carbocycles. The summed E-state index contributed by atoms with van der Waals surface area (Å²) in [5, 5.41) is 3.30. The summed E-state index contributed by atoms with van der Waals surface area (Å²) < 4.78 is 37.3. The molecule has 8 nitrogen and oxygen atoms in total. The number of nitrogens with zero attached hydrogens (tertiary/aromatic N) is 2. The number of sulfonamides is 1. The van der Waals surface area contributed by atoms with Crippen LogP contribution in [0.5, 0.6) is 0 Å². The van der Waals surface area contributed by atoms with Gasteiger partial charge in [0.05, 0.1) is 31.1 Å². The van der Waals surface area contributed by atoms with E-state index < -0.39 is 10.0 Å². The largest absolute Gasteiger partial charge is 0.376 e. The Morgan fingerprint density at radius 2 is 1.96 bits per heavy atom. The molecule has 2 fully saturated rings. The molecular formula is C18H37IN4O4S. The third-order valence-electron chi connectivity index (χ3n) is 4.94. The number of halogens is 1. The molecule has 28 heavy (non-hydrogen) atoms. The minimum atomic E-state index is -3.16. The molecule has 0 aromatic rings. The first kappa shape index (κ1) is 25.9. The number of aliphatic imine (C=N–C) groups is 1. The van der Waals surface area contributed by atoms with Gasteiger partial charge in [-0.3, -0.25) is 4.99 Å². The van der Waals surface area contributed by atoms with Crippen LogP contribution in [0.25, 0.3) is 0 Å². The number of hydrogen-bond donors (Lipinski definition) is 2. The van der Waals surface area contributed by atoms with Gasteiger partial charge in [0.15, 0.2) is 5.96 Å². The minimum Gasteiger partial charge on any atom is -0.376 e. The Labute approximate surface area is 187 Å². The van der Waals surface area contributed by atoms with Crippen molar-refractivity contribution >= 4 is 40.0 Å². The lowest BCUT2D eigenvalue weighted by Crippen LogP contribution is -2.47. The van der Waals surface area contributed by atoms with Crippen molar-refractivity contribution in [3.05, 3.63) is 0 Å². The first-order valence-electron chi connectivity index (χ1n) is 10.3. The van der Waals surface area contributed by atoms with Gasteiger partial charge in [-0.05, 0) is 46.0 Å². The summed E-state index contributed by atoms with van der Waals surface area (Å²) in [5.41, 5.74) is 0. The quantitative estimate of drug-likeness (QED) is 0.203. The minimum absolute atomic E-state index is 0. The number of guanidine groups is 1. The number of rotatable bonds is 9. The molecule has 2 aliphatic rings. The van der Waals surface area contributed by atoms with Crippen molar-refractivity contribution in [3.63, 3.8) is 0 Å². The predicted molar refractivity (Wildman–Crippen MR) is 123 cm³/mol. The van der Waals surface area contributed by atoms with Crippen LogP contribution in [0.15, 0.2) is 4.99 Å². The van der Waals surface area contributed by atoms with E-state index in [0.717, 1.165) is 51.5 Å². The highest BCUT2D eigenvalue weighted by Gasteiger charge is 2.23. The van der Waals surface area contributed by atoms with E-state index in [9.17, 15) is 8.42 Å². The van der Waals surface area contributed by atoms with Crippen LogP contribution in [0.3, 0.4) is 0 Å². The van der Waals surface area contributed by atoms with Crippen LogP contribution in [0, 0.1) is 0 Å². The van der Waals surface area contributed by atoms with E-state index in [-0.39, 0.29) is 41.9 Å². The summed E-state index contributed by atoms with van der Waals surface area (Å²) in [4.78, 5) is 6.79. The Kier molecular flexibility index (Phi) is 12.9. The van der Waals surface area contributed by atoms with Crippen molar-refractivity contribution in [1.82, 2.24) is 14.9 Å². The van der Waals surface area contributed by atoms with Crippen molar-refractivity contribution in [2.24, 2.45) is 4.99 Å². The number of ether oxygens (including phenoxy) is 2. The molecular weight excluding hydrogens is 495 g/mol. The van der Waals surface area contributed by atoms with Crippen LogP contribution >= 0.6 is 24.0 Å². The lowest BCUT2D eigenvalue weighted by Gasteiger charge is -2.35. The number of piperidine rings is 1. The highest BCUT2D eigenvalue weighted by atomic mass is 127. The van der Waals surface area contributed by atoms with Crippen molar-refractivity contribution in [2.75, 3.05) is 51.7 Å². The Bertz CT molecular complexity index is 548. The van der Waals surface area contributed by atoms with Gasteiger partial charge in [-0.15, -0.1) is 24.0 Å². The lowest BCUT2D eigenvalue weighted by atomic mass is 10.1. The van der Waals surface area contributed by atoms with Gasteiger partial charge in [0.2, 0.25) is 10.0 Å². The predicted octanol–water partition coefficient (Wildman–Crippen LogP) is 1.56. The molecule has 0 amide bonds. The van der Waals surface area contributed by atoms with Gasteiger partial charge in [-0.25, -0.2) is 13.1 Å². The third kappa shape index (κ3) is 9.55. The van der Waals surface area contributed by atoms with Crippen molar-refractivity contribution < 1.29 is 17.9 Å². The van der Waals surface area contributed by atoms with Gasteiger partial charge in [-0.2, -0.15) is 0 Å². The van der Waals surface area contributed by atoms with Crippen LogP contribution < -0.4 is 10.0 Å². The molecule has 1 atom stereocenters. The average Bonchev–Trinajstić information content (AvgIpc) is 2.70. The second-order valence-electron chi connectivity index (χ2n) is 7.04. The molecule has 166 valence electrons. The first-order chi connectivity index (χ1) is 13.0. The maximum atomic E-state index is 11.5. The van der Waals surface area contributed by atoms with E-state index in [4.69, 9.17) is 9.47 Å². The van der Waals surface area contributed by atoms with Crippen molar-refractivity contribution in [1.29, 1.82) is 0 Å². The fourth-order valence-electron chi connectivity index (χ4n) is 3.31. The Balaban J connectivity index is 0.00000392. The fraction of sp³-hybridized carbons (Fsp3) is 0.944. The zero-order valence-electron chi connectivity index (χ0n) is 17.2. The SMILES string of the molecule is CCNC(=NCCNS(=O)(=O)CC)N1CCC(OCC2CCCCO2)CC1.I. The molecule has 0 spiro atoms. The Morgan fingerprint density at radius 3 is 2.57 bits per heavy atom. The topological polar surface area (TPSA) is 92.3 Å². The van der Waals surface area contributed by atoms with Crippen LogP contribution in [0.2, 0.25) is 0 Å². The van der Waals surface area contributed by atoms with E-state index >= 15 is 0 Å². The highest BCUT2D eigenvalue weighted by molar-refractivity contribution is 14.0. The highest BCUT2D eigenvalue weighted by Crippen LogP contribution is 2.17. The molecule has 0 bridgehead atoms. The molecule has 0 aliphatic carbocycles. The Hall–Kier alpha value is -0.170. The maximum absolute atomic E-state index is 11.5. The second kappa shape index (κ2) is 13.9. The average molecular weight is 532 g/mol. The van der Waals surface area contributed by atoms with E-state index in [2.05, 4.69) is 19.9 Å². The van der Waals surface area contributed by atoms with E-state index in [1.807, 2.05) is 6.92 Å². The Morgan fingerprint density at radius 1 is 1.21 bits per heavy atom. The normalized spacial score (nSPS) is 22.0. The standard InChI is InChI=1S/C18H36N4O4S.HI/c1-3-19-18(20-10-11-21-27(23,24)4-2)22-12-8-16(9-13-22)26-15-17-7-5-6-14-25-17;/h16-17,21H,3-15H2,1-2H3,(H,19,20);1H. The van der Waals surface area contributed by atoms with Crippen molar-refractivity contribution in [3.8, 4) is 0 Å². The van der Waals surface area contributed by atoms with Gasteiger partial charge >= 0.3 is 0 Å². The van der Waals surface area contributed by atoms with E-state index in [0.29, 0.717) is 19.7 Å². The number of likely N-dealkylation sites (tertiary alicyclic amines) is 1. The summed E-state index contributed by atoms with van der Waals surface area (Å²) >= 11 is 0. The van der Waals surface area contributed by atoms with Crippen LogP contribution in [0.1, 0.15) is 46.0 Å². The van der Waals surface area contributed by atoms with Crippen LogP contribution in [-0.2, 0) is 19.5 Å². The molecule has 2 heterocycles. The summed E-state index contributed by atoms with van der Waals surface area (Å²) in [6.45, 7) is 8.56. The van der Waals surface area contributed by atoms with E-state index in [1.165, 1.54) is 12.8 Å². The van der Waals surface area contributed by atoms with Gasteiger partial charge < -0.3 is 19.7 Å². The van der Waals surface area contributed by atoms with Crippen LogP contribution in [-0.4, -0.2) is 83.2 Å². The first-order valence-corrected chi connectivity index (χ1v) is 11.9. The number of hydrogen-bond acceptors (Lipinski definition) is 5. The van der Waals surface area contributed by atoms with E-state index in [1.54, 1.807) is 6.92 Å². The summed E-state index contributed by atoms with van der Waals surface area (Å²) in [5.74, 6) is 0.943. The monoisotopic (exact) mass is 532 g/mol. The van der Waals surface area contributed by atoms with Crippen molar-refractivity contribution in [2.45, 2.75) is 58.2 Å². The number of nitrogens with one attached hydrogen (secondary N) is 2. The molecule has 0 aromatic carbocycles. The smallest absolute Gasteiger partial charge is 0.211 e. The molecule has 2 saturated heterocycles. The molecule has 0 radical (unpaired) electrons. The molecule has 0 aromatic heterocycles. The van der Waals surface area contributed by atoms with Gasteiger partial charge in [-0.1, -0.05) is 0 Å². The summed E-state index contributed by atoms with van der Waals surface area (Å²) in [7, 11) is -3.16. The maximum Gasteiger partial charge on any atom is 0.211 e. The zero-order chi connectivity index (χ0) is 19.5. The van der Waals surface area contributed by atoms with Gasteiger partial charge in [0, 0.05) is 32.8 Å². The molecule has 2 N–H and O–H groups in total. The lowest BCUT2D eigenvalue weighted by molar-refractivity contribution is -0.0721. The molecule has 1 unspecified atom stereocenters. The second-order valence-corrected chi connectivity index (χ2v) is 9.14.